The lowest BCUT2D eigenvalue weighted by Crippen LogP contribution is -2.12. The average molecular weight is 267 g/mol. The van der Waals surface area contributed by atoms with Crippen LogP contribution in [0.2, 0.25) is 0 Å². The van der Waals surface area contributed by atoms with E-state index in [1.807, 2.05) is 6.07 Å². The quantitative estimate of drug-likeness (QED) is 0.891. The smallest absolute Gasteiger partial charge is 0.231 e. The van der Waals surface area contributed by atoms with Crippen LogP contribution in [0.3, 0.4) is 0 Å². The number of anilines is 1. The minimum absolute atomic E-state index is 0.0296. The number of benzene rings is 1. The van der Waals surface area contributed by atoms with E-state index in [0.29, 0.717) is 17.4 Å². The molecule has 0 aromatic heterocycles. The Morgan fingerprint density at radius 1 is 1.39 bits per heavy atom. The highest BCUT2D eigenvalue weighted by Crippen LogP contribution is 2.34. The molecule has 0 saturated heterocycles. The fourth-order valence-corrected chi connectivity index (χ4v) is 2.36. The number of thioether (sulfide) groups is 1. The third kappa shape index (κ3) is 3.57. The van der Waals surface area contributed by atoms with E-state index in [1.165, 1.54) is 0 Å². The molecule has 1 heterocycles. The maximum absolute atomic E-state index is 11.7. The van der Waals surface area contributed by atoms with E-state index in [2.05, 4.69) is 19.2 Å². The van der Waals surface area contributed by atoms with Gasteiger partial charge in [-0.05, 0) is 17.4 Å². The number of amides is 1. The van der Waals surface area contributed by atoms with E-state index in [4.69, 9.17) is 9.47 Å². The molecule has 1 N–H and O–H groups in total. The Kier molecular flexibility index (Phi) is 4.36. The largest absolute Gasteiger partial charge is 0.454 e. The zero-order valence-corrected chi connectivity index (χ0v) is 11.4. The topological polar surface area (TPSA) is 47.6 Å². The van der Waals surface area contributed by atoms with E-state index in [9.17, 15) is 4.79 Å². The van der Waals surface area contributed by atoms with Crippen molar-refractivity contribution in [1.29, 1.82) is 0 Å². The highest BCUT2D eigenvalue weighted by atomic mass is 32.2. The maximum Gasteiger partial charge on any atom is 0.231 e. The normalized spacial score (nSPS) is 12.8. The molecular weight excluding hydrogens is 250 g/mol. The summed E-state index contributed by atoms with van der Waals surface area (Å²) in [5.74, 6) is 2.28. The zero-order valence-electron chi connectivity index (χ0n) is 10.6. The van der Waals surface area contributed by atoms with E-state index >= 15 is 0 Å². The Hall–Kier alpha value is -1.36. The van der Waals surface area contributed by atoms with Crippen LogP contribution in [0.1, 0.15) is 20.3 Å². The van der Waals surface area contributed by atoms with Crippen LogP contribution in [-0.4, -0.2) is 23.7 Å². The van der Waals surface area contributed by atoms with Gasteiger partial charge in [-0.15, -0.1) is 0 Å². The highest BCUT2D eigenvalue weighted by molar-refractivity contribution is 7.99. The van der Waals surface area contributed by atoms with Gasteiger partial charge in [0, 0.05) is 23.9 Å². The van der Waals surface area contributed by atoms with Gasteiger partial charge in [0.25, 0.3) is 0 Å². The Morgan fingerprint density at radius 3 is 2.94 bits per heavy atom. The van der Waals surface area contributed by atoms with Crippen LogP contribution >= 0.6 is 11.8 Å². The van der Waals surface area contributed by atoms with Crippen LogP contribution in [0, 0.1) is 0 Å². The van der Waals surface area contributed by atoms with Crippen molar-refractivity contribution >= 4 is 23.4 Å². The van der Waals surface area contributed by atoms with E-state index in [-0.39, 0.29) is 12.7 Å². The van der Waals surface area contributed by atoms with Crippen molar-refractivity contribution in [3.63, 3.8) is 0 Å². The first-order valence-electron chi connectivity index (χ1n) is 5.96. The van der Waals surface area contributed by atoms with Gasteiger partial charge in [-0.2, -0.15) is 11.8 Å². The van der Waals surface area contributed by atoms with Gasteiger partial charge >= 0.3 is 0 Å². The minimum Gasteiger partial charge on any atom is -0.454 e. The molecule has 1 amide bonds. The van der Waals surface area contributed by atoms with Crippen molar-refractivity contribution in [3.8, 4) is 11.5 Å². The van der Waals surface area contributed by atoms with Gasteiger partial charge in [0.15, 0.2) is 11.5 Å². The van der Waals surface area contributed by atoms with E-state index in [1.54, 1.807) is 23.9 Å². The molecule has 0 fully saturated rings. The highest BCUT2D eigenvalue weighted by Gasteiger charge is 2.14. The number of ether oxygens (including phenoxy) is 2. The molecule has 1 aliphatic rings. The molecule has 0 spiro atoms. The second kappa shape index (κ2) is 6.00. The average Bonchev–Trinajstić information content (AvgIpc) is 2.75. The molecule has 0 unspecified atom stereocenters. The summed E-state index contributed by atoms with van der Waals surface area (Å²) in [6.45, 7) is 4.50. The fourth-order valence-electron chi connectivity index (χ4n) is 1.59. The number of fused-ring (bicyclic) bond motifs is 1. The van der Waals surface area contributed by atoms with Crippen molar-refractivity contribution in [2.24, 2.45) is 0 Å². The van der Waals surface area contributed by atoms with Crippen LogP contribution in [-0.2, 0) is 4.79 Å². The summed E-state index contributed by atoms with van der Waals surface area (Å²) in [6.07, 6.45) is 0.525. The van der Waals surface area contributed by atoms with Gasteiger partial charge in [0.1, 0.15) is 0 Å². The number of nitrogens with one attached hydrogen (secondary N) is 1. The first kappa shape index (κ1) is 13.1. The summed E-state index contributed by atoms with van der Waals surface area (Å²) >= 11 is 1.78. The molecule has 1 aromatic carbocycles. The summed E-state index contributed by atoms with van der Waals surface area (Å²) in [6, 6.07) is 5.41. The summed E-state index contributed by atoms with van der Waals surface area (Å²) < 4.78 is 10.5. The standard InChI is InChI=1S/C13H17NO3S/c1-9(2)18-6-5-13(15)14-10-3-4-11-12(7-10)17-8-16-11/h3-4,7,9H,5-6,8H2,1-2H3,(H,14,15). The third-order valence-corrected chi connectivity index (χ3v) is 3.54. The molecule has 98 valence electrons. The molecule has 0 radical (unpaired) electrons. The lowest BCUT2D eigenvalue weighted by Gasteiger charge is -2.07. The van der Waals surface area contributed by atoms with Crippen LogP contribution in [0.15, 0.2) is 18.2 Å². The van der Waals surface area contributed by atoms with Gasteiger partial charge < -0.3 is 14.8 Å². The van der Waals surface area contributed by atoms with Crippen LogP contribution < -0.4 is 14.8 Å². The molecule has 0 saturated carbocycles. The Bertz CT molecular complexity index is 434. The van der Waals surface area contributed by atoms with Gasteiger partial charge in [-0.3, -0.25) is 4.79 Å². The number of hydrogen-bond donors (Lipinski definition) is 1. The molecule has 5 heteroatoms. The van der Waals surface area contributed by atoms with Crippen LogP contribution in [0.25, 0.3) is 0 Å². The zero-order chi connectivity index (χ0) is 13.0. The Labute approximate surface area is 111 Å². The van der Waals surface area contributed by atoms with Gasteiger partial charge in [-0.1, -0.05) is 13.8 Å². The van der Waals surface area contributed by atoms with E-state index in [0.717, 1.165) is 17.2 Å². The summed E-state index contributed by atoms with van der Waals surface area (Å²) in [7, 11) is 0. The maximum atomic E-state index is 11.7. The predicted octanol–water partition coefficient (Wildman–Crippen LogP) is 2.89. The summed E-state index contributed by atoms with van der Waals surface area (Å²) in [4.78, 5) is 11.7. The SMILES string of the molecule is CC(C)SCCC(=O)Nc1ccc2c(c1)OCO2. The van der Waals surface area contributed by atoms with Crippen molar-refractivity contribution in [2.45, 2.75) is 25.5 Å². The van der Waals surface area contributed by atoms with Crippen molar-refractivity contribution in [1.82, 2.24) is 0 Å². The minimum atomic E-state index is 0.0296. The van der Waals surface area contributed by atoms with Gasteiger partial charge in [-0.25, -0.2) is 0 Å². The van der Waals surface area contributed by atoms with Gasteiger partial charge in [0.05, 0.1) is 0 Å². The van der Waals surface area contributed by atoms with Crippen molar-refractivity contribution < 1.29 is 14.3 Å². The van der Waals surface area contributed by atoms with Crippen molar-refractivity contribution in [3.05, 3.63) is 18.2 Å². The number of rotatable bonds is 5. The van der Waals surface area contributed by atoms with Gasteiger partial charge in [0.2, 0.25) is 12.7 Å². The molecule has 1 aliphatic heterocycles. The van der Waals surface area contributed by atoms with Crippen LogP contribution in [0.5, 0.6) is 11.5 Å². The molecule has 18 heavy (non-hydrogen) atoms. The first-order valence-corrected chi connectivity index (χ1v) is 7.01. The first-order chi connectivity index (χ1) is 8.65. The fraction of sp³-hybridized carbons (Fsp3) is 0.462. The number of hydrogen-bond acceptors (Lipinski definition) is 4. The number of carbonyl (C=O) groups excluding carboxylic acids is 1. The van der Waals surface area contributed by atoms with Crippen molar-refractivity contribution in [2.75, 3.05) is 17.9 Å². The summed E-state index contributed by atoms with van der Waals surface area (Å²) in [5, 5.41) is 3.42. The summed E-state index contributed by atoms with van der Waals surface area (Å²) in [5.41, 5.74) is 0.749. The predicted molar refractivity (Wildman–Crippen MR) is 73.4 cm³/mol. The molecule has 1 aromatic rings. The number of carbonyl (C=O) groups is 1. The second-order valence-corrected chi connectivity index (χ2v) is 5.97. The third-order valence-electron chi connectivity index (χ3n) is 2.44. The molecule has 0 atom stereocenters. The van der Waals surface area contributed by atoms with Crippen LogP contribution in [0.4, 0.5) is 5.69 Å². The molecule has 2 rings (SSSR count). The second-order valence-electron chi connectivity index (χ2n) is 4.29. The molecule has 0 aliphatic carbocycles. The lowest BCUT2D eigenvalue weighted by molar-refractivity contribution is -0.115. The lowest BCUT2D eigenvalue weighted by atomic mass is 10.2. The Morgan fingerprint density at radius 2 is 2.17 bits per heavy atom. The monoisotopic (exact) mass is 267 g/mol. The Balaban J connectivity index is 1.84. The molecule has 0 bridgehead atoms. The van der Waals surface area contributed by atoms with E-state index < -0.39 is 0 Å². The molecular formula is C13H17NO3S. The molecule has 4 nitrogen and oxygen atoms in total.